The van der Waals surface area contributed by atoms with Crippen LogP contribution in [0, 0.1) is 5.92 Å². The Morgan fingerprint density at radius 1 is 1.21 bits per heavy atom. The Morgan fingerprint density at radius 2 is 1.92 bits per heavy atom. The number of piperazine rings is 1. The van der Waals surface area contributed by atoms with Crippen LogP contribution in [0.25, 0.3) is 0 Å². The third-order valence-electron chi connectivity index (χ3n) is 5.38. The van der Waals surface area contributed by atoms with Gasteiger partial charge in [0.15, 0.2) is 0 Å². The number of amides is 1. The van der Waals surface area contributed by atoms with Gasteiger partial charge < -0.3 is 15.5 Å². The highest BCUT2D eigenvalue weighted by Gasteiger charge is 2.32. The molecule has 2 heterocycles. The standard InChI is InChI=1S/C19H30N4O/c1-15-14-20-9-8-17(15)21-19(24)18(16-6-4-3-5-7-16)23-12-10-22(2)11-13-23/h3-7,15,17-18,20H,8-14H2,1-2H3,(H,21,24). The van der Waals surface area contributed by atoms with E-state index in [0.717, 1.165) is 51.3 Å². The number of nitrogens with zero attached hydrogens (tertiary/aromatic N) is 2. The SMILES string of the molecule is CC1CNCCC1NC(=O)C(c1ccccc1)N1CCN(C)CC1. The van der Waals surface area contributed by atoms with Crippen LogP contribution < -0.4 is 10.6 Å². The molecule has 1 amide bonds. The van der Waals surface area contributed by atoms with Crippen molar-refractivity contribution in [3.63, 3.8) is 0 Å². The van der Waals surface area contributed by atoms with E-state index in [0.29, 0.717) is 5.92 Å². The van der Waals surface area contributed by atoms with Gasteiger partial charge in [-0.15, -0.1) is 0 Å². The van der Waals surface area contributed by atoms with Crippen LogP contribution in [0.2, 0.25) is 0 Å². The molecule has 3 atom stereocenters. The molecule has 2 saturated heterocycles. The molecular weight excluding hydrogens is 300 g/mol. The van der Waals surface area contributed by atoms with Crippen LogP contribution in [0.3, 0.4) is 0 Å². The Balaban J connectivity index is 1.75. The number of hydrogen-bond acceptors (Lipinski definition) is 4. The molecule has 2 N–H and O–H groups in total. The zero-order chi connectivity index (χ0) is 16.9. The van der Waals surface area contributed by atoms with Crippen molar-refractivity contribution in [3.8, 4) is 0 Å². The lowest BCUT2D eigenvalue weighted by Crippen LogP contribution is -2.54. The summed E-state index contributed by atoms with van der Waals surface area (Å²) in [4.78, 5) is 17.8. The van der Waals surface area contributed by atoms with Gasteiger partial charge in [-0.2, -0.15) is 0 Å². The molecule has 3 unspecified atom stereocenters. The first-order valence-corrected chi connectivity index (χ1v) is 9.14. The molecule has 0 aliphatic carbocycles. The fourth-order valence-electron chi connectivity index (χ4n) is 3.73. The van der Waals surface area contributed by atoms with Gasteiger partial charge in [0.25, 0.3) is 0 Å². The Kier molecular flexibility index (Phi) is 5.87. The molecule has 5 nitrogen and oxygen atoms in total. The molecule has 2 fully saturated rings. The highest BCUT2D eigenvalue weighted by atomic mass is 16.2. The van der Waals surface area contributed by atoms with E-state index in [1.54, 1.807) is 0 Å². The summed E-state index contributed by atoms with van der Waals surface area (Å²) in [6.45, 7) is 8.08. The van der Waals surface area contributed by atoms with Crippen molar-refractivity contribution in [2.75, 3.05) is 46.3 Å². The summed E-state index contributed by atoms with van der Waals surface area (Å²) in [6, 6.07) is 10.3. The minimum Gasteiger partial charge on any atom is -0.351 e. The third-order valence-corrected chi connectivity index (χ3v) is 5.38. The molecule has 1 aromatic rings. The van der Waals surface area contributed by atoms with Crippen LogP contribution in [0.5, 0.6) is 0 Å². The number of rotatable bonds is 4. The average molecular weight is 330 g/mol. The maximum Gasteiger partial charge on any atom is 0.242 e. The van der Waals surface area contributed by atoms with Crippen molar-refractivity contribution in [2.24, 2.45) is 5.92 Å². The molecule has 24 heavy (non-hydrogen) atoms. The highest BCUT2D eigenvalue weighted by Crippen LogP contribution is 2.23. The number of likely N-dealkylation sites (N-methyl/N-ethyl adjacent to an activating group) is 1. The van der Waals surface area contributed by atoms with Crippen LogP contribution in [0.15, 0.2) is 30.3 Å². The van der Waals surface area contributed by atoms with Crippen molar-refractivity contribution < 1.29 is 4.79 Å². The van der Waals surface area contributed by atoms with E-state index in [4.69, 9.17) is 0 Å². The van der Waals surface area contributed by atoms with Gasteiger partial charge in [0, 0.05) is 32.2 Å². The summed E-state index contributed by atoms with van der Waals surface area (Å²) in [6.07, 6.45) is 1.01. The normalized spacial score (nSPS) is 27.6. The van der Waals surface area contributed by atoms with Gasteiger partial charge in [0.05, 0.1) is 0 Å². The Morgan fingerprint density at radius 3 is 2.58 bits per heavy atom. The molecule has 0 aromatic heterocycles. The first-order chi connectivity index (χ1) is 11.6. The van der Waals surface area contributed by atoms with E-state index in [1.807, 2.05) is 18.2 Å². The second kappa shape index (κ2) is 8.10. The number of benzene rings is 1. The van der Waals surface area contributed by atoms with Crippen molar-refractivity contribution in [1.82, 2.24) is 20.4 Å². The van der Waals surface area contributed by atoms with E-state index < -0.39 is 0 Å². The molecule has 1 aromatic carbocycles. The van der Waals surface area contributed by atoms with Gasteiger partial charge in [0.2, 0.25) is 5.91 Å². The Hall–Kier alpha value is -1.43. The molecule has 2 aliphatic heterocycles. The molecule has 0 spiro atoms. The van der Waals surface area contributed by atoms with Crippen LogP contribution in [-0.2, 0) is 4.79 Å². The van der Waals surface area contributed by atoms with Crippen molar-refractivity contribution in [3.05, 3.63) is 35.9 Å². The van der Waals surface area contributed by atoms with Crippen LogP contribution in [0.1, 0.15) is 24.9 Å². The van der Waals surface area contributed by atoms with Crippen molar-refractivity contribution in [1.29, 1.82) is 0 Å². The maximum absolute atomic E-state index is 13.2. The summed E-state index contributed by atoms with van der Waals surface area (Å²) in [5.74, 6) is 0.635. The largest absolute Gasteiger partial charge is 0.351 e. The van der Waals surface area contributed by atoms with Crippen LogP contribution in [0.4, 0.5) is 0 Å². The summed E-state index contributed by atoms with van der Waals surface area (Å²) in [7, 11) is 2.14. The predicted molar refractivity (Wildman–Crippen MR) is 96.8 cm³/mol. The lowest BCUT2D eigenvalue weighted by Gasteiger charge is -2.39. The minimum atomic E-state index is -0.179. The first kappa shape index (κ1) is 17.4. The van der Waals surface area contributed by atoms with Crippen LogP contribution >= 0.6 is 0 Å². The monoisotopic (exact) mass is 330 g/mol. The lowest BCUT2D eigenvalue weighted by atomic mass is 9.94. The number of piperidine rings is 1. The van der Waals surface area contributed by atoms with E-state index >= 15 is 0 Å². The van der Waals surface area contributed by atoms with Crippen molar-refractivity contribution in [2.45, 2.75) is 25.4 Å². The molecule has 3 rings (SSSR count). The van der Waals surface area contributed by atoms with Gasteiger partial charge in [0.1, 0.15) is 6.04 Å². The van der Waals surface area contributed by atoms with E-state index in [1.165, 1.54) is 0 Å². The fourth-order valence-corrected chi connectivity index (χ4v) is 3.73. The summed E-state index contributed by atoms with van der Waals surface area (Å²) >= 11 is 0. The van der Waals surface area contributed by atoms with Gasteiger partial charge in [-0.3, -0.25) is 9.69 Å². The average Bonchev–Trinajstić information content (AvgIpc) is 2.60. The molecule has 0 radical (unpaired) electrons. The Bertz CT molecular complexity index is 527. The second-order valence-corrected chi connectivity index (χ2v) is 7.24. The van der Waals surface area contributed by atoms with E-state index in [2.05, 4.69) is 46.5 Å². The number of hydrogen-bond donors (Lipinski definition) is 2. The van der Waals surface area contributed by atoms with Crippen molar-refractivity contribution >= 4 is 5.91 Å². The number of nitrogens with one attached hydrogen (secondary N) is 2. The zero-order valence-electron chi connectivity index (χ0n) is 14.9. The van der Waals surface area contributed by atoms with Gasteiger partial charge in [-0.05, 0) is 38.0 Å². The molecule has 0 saturated carbocycles. The quantitative estimate of drug-likeness (QED) is 0.868. The van der Waals surface area contributed by atoms with E-state index in [-0.39, 0.29) is 18.0 Å². The summed E-state index contributed by atoms with van der Waals surface area (Å²) in [5, 5.41) is 6.74. The predicted octanol–water partition coefficient (Wildman–Crippen LogP) is 1.09. The minimum absolute atomic E-state index is 0.157. The molecular formula is C19H30N4O. The number of carbonyl (C=O) groups is 1. The van der Waals surface area contributed by atoms with Crippen LogP contribution in [-0.4, -0.2) is 68.1 Å². The third kappa shape index (κ3) is 4.15. The fraction of sp³-hybridized carbons (Fsp3) is 0.632. The molecule has 0 bridgehead atoms. The topological polar surface area (TPSA) is 47.6 Å². The highest BCUT2D eigenvalue weighted by molar-refractivity contribution is 5.83. The van der Waals surface area contributed by atoms with Gasteiger partial charge in [-0.25, -0.2) is 0 Å². The second-order valence-electron chi connectivity index (χ2n) is 7.24. The zero-order valence-corrected chi connectivity index (χ0v) is 14.9. The lowest BCUT2D eigenvalue weighted by molar-refractivity contribution is -0.128. The van der Waals surface area contributed by atoms with E-state index in [9.17, 15) is 4.79 Å². The summed E-state index contributed by atoms with van der Waals surface area (Å²) in [5.41, 5.74) is 1.10. The number of carbonyl (C=O) groups excluding carboxylic acids is 1. The maximum atomic E-state index is 13.2. The molecule has 2 aliphatic rings. The van der Waals surface area contributed by atoms with Gasteiger partial charge in [-0.1, -0.05) is 37.3 Å². The Labute approximate surface area is 145 Å². The molecule has 132 valence electrons. The smallest absolute Gasteiger partial charge is 0.242 e. The van der Waals surface area contributed by atoms with Gasteiger partial charge >= 0.3 is 0 Å². The molecule has 5 heteroatoms. The summed E-state index contributed by atoms with van der Waals surface area (Å²) < 4.78 is 0. The first-order valence-electron chi connectivity index (χ1n) is 9.14.